The van der Waals surface area contributed by atoms with E-state index >= 15 is 0 Å². The van der Waals surface area contributed by atoms with Crippen LogP contribution in [-0.4, -0.2) is 10.9 Å². The van der Waals surface area contributed by atoms with Gasteiger partial charge in [0.2, 0.25) is 11.9 Å². The monoisotopic (exact) mass is 198 g/mol. The minimum absolute atomic E-state index is 0.182. The van der Waals surface area contributed by atoms with Crippen molar-refractivity contribution in [2.45, 2.75) is 27.3 Å². The smallest absolute Gasteiger partial charge is 0.217 e. The number of hydrogen-bond donors (Lipinski definition) is 1. The Morgan fingerprint density at radius 3 is 2.71 bits per heavy atom. The summed E-state index contributed by atoms with van der Waals surface area (Å²) in [6.45, 7) is 5.57. The highest BCUT2D eigenvalue weighted by Gasteiger charge is 2.01. The number of pyridine rings is 1. The first-order valence-corrected chi connectivity index (χ1v) is 4.54. The van der Waals surface area contributed by atoms with Crippen molar-refractivity contribution in [2.24, 2.45) is 0 Å². The number of rotatable bonds is 2. The molecule has 0 aliphatic rings. The van der Waals surface area contributed by atoms with Crippen molar-refractivity contribution in [1.82, 2.24) is 10.3 Å². The summed E-state index contributed by atoms with van der Waals surface area (Å²) in [5, 5.41) is 2.48. The van der Waals surface area contributed by atoms with E-state index in [9.17, 15) is 9.18 Å². The van der Waals surface area contributed by atoms with E-state index in [2.05, 4.69) is 10.3 Å². The molecule has 0 spiro atoms. The maximum absolute atomic E-state index is 12.8. The minimum atomic E-state index is -0.536. The molecule has 1 N–H and O–H groups in total. The van der Waals surface area contributed by atoms with Crippen molar-refractivity contribution in [1.29, 1.82) is 0 Å². The lowest BCUT2D eigenvalue weighted by molar-refractivity contribution is -0.119. The first-order valence-electron chi connectivity index (χ1n) is 4.54. The summed E-state index contributed by atoms with van der Waals surface area (Å²) in [4.78, 5) is 13.9. The molecule has 78 valence electrons. The van der Waals surface area contributed by atoms with Crippen LogP contribution in [-0.2, 0) is 11.3 Å². The second-order valence-corrected chi connectivity index (χ2v) is 2.36. The molecule has 0 bridgehead atoms. The second-order valence-electron chi connectivity index (χ2n) is 2.36. The fraction of sp³-hybridized carbons (Fsp3) is 0.400. The lowest BCUT2D eigenvalue weighted by Gasteiger charge is -2.01. The summed E-state index contributed by atoms with van der Waals surface area (Å²) < 4.78 is 12.8. The topological polar surface area (TPSA) is 42.0 Å². The maximum atomic E-state index is 12.8. The zero-order valence-corrected chi connectivity index (χ0v) is 8.67. The number of carbonyl (C=O) groups is 1. The Bertz CT molecular complexity index is 289. The summed E-state index contributed by atoms with van der Waals surface area (Å²) in [7, 11) is 0. The van der Waals surface area contributed by atoms with Crippen LogP contribution < -0.4 is 5.32 Å². The van der Waals surface area contributed by atoms with Crippen molar-refractivity contribution in [3.8, 4) is 0 Å². The molecule has 0 atom stereocenters. The van der Waals surface area contributed by atoms with E-state index in [0.29, 0.717) is 5.56 Å². The first-order chi connectivity index (χ1) is 6.70. The molecule has 0 aromatic carbocycles. The molecule has 1 aromatic rings. The van der Waals surface area contributed by atoms with Gasteiger partial charge in [0.1, 0.15) is 0 Å². The van der Waals surface area contributed by atoms with E-state index in [0.717, 1.165) is 0 Å². The first kappa shape index (κ1) is 12.6. The molecule has 0 aliphatic carbocycles. The fourth-order valence-corrected chi connectivity index (χ4v) is 0.771. The average Bonchev–Trinajstić information content (AvgIpc) is 2.19. The van der Waals surface area contributed by atoms with E-state index in [1.807, 2.05) is 13.8 Å². The molecule has 14 heavy (non-hydrogen) atoms. The number of carbonyl (C=O) groups excluding carboxylic acids is 1. The lowest BCUT2D eigenvalue weighted by atomic mass is 10.3. The highest BCUT2D eigenvalue weighted by molar-refractivity contribution is 5.72. The third kappa shape index (κ3) is 4.54. The van der Waals surface area contributed by atoms with Crippen LogP contribution in [0.25, 0.3) is 0 Å². The molecule has 4 heteroatoms. The Labute approximate surface area is 83.4 Å². The van der Waals surface area contributed by atoms with Crippen LogP contribution in [0, 0.1) is 5.95 Å². The van der Waals surface area contributed by atoms with Crippen molar-refractivity contribution >= 4 is 5.91 Å². The Kier molecular flexibility index (Phi) is 6.28. The zero-order chi connectivity index (χ0) is 11.0. The summed E-state index contributed by atoms with van der Waals surface area (Å²) in [5.74, 6) is -0.718. The molecule has 0 saturated heterocycles. The van der Waals surface area contributed by atoms with Gasteiger partial charge >= 0.3 is 0 Å². The largest absolute Gasteiger partial charge is 0.352 e. The van der Waals surface area contributed by atoms with E-state index in [-0.39, 0.29) is 12.5 Å². The SMILES string of the molecule is CC.CC(=O)NCc1cccnc1F. The number of hydrogen-bond acceptors (Lipinski definition) is 2. The fourth-order valence-electron chi connectivity index (χ4n) is 0.771. The quantitative estimate of drug-likeness (QED) is 0.737. The van der Waals surface area contributed by atoms with Gasteiger partial charge in [0.15, 0.2) is 0 Å². The summed E-state index contributed by atoms with van der Waals surface area (Å²) in [5.41, 5.74) is 0.396. The molecule has 0 saturated carbocycles. The molecular formula is C10H15FN2O. The Morgan fingerprint density at radius 1 is 1.57 bits per heavy atom. The molecule has 0 unspecified atom stereocenters. The summed E-state index contributed by atoms with van der Waals surface area (Å²) in [6.07, 6.45) is 1.37. The van der Waals surface area contributed by atoms with Gasteiger partial charge in [0.25, 0.3) is 0 Å². The molecule has 3 nitrogen and oxygen atoms in total. The Balaban J connectivity index is 0.000000791. The number of halogens is 1. The molecule has 1 heterocycles. The van der Waals surface area contributed by atoms with Gasteiger partial charge in [-0.25, -0.2) is 4.98 Å². The van der Waals surface area contributed by atoms with Gasteiger partial charge in [-0.2, -0.15) is 4.39 Å². The van der Waals surface area contributed by atoms with Crippen LogP contribution >= 0.6 is 0 Å². The minimum Gasteiger partial charge on any atom is -0.352 e. The van der Waals surface area contributed by atoms with Crippen molar-refractivity contribution in [3.63, 3.8) is 0 Å². The Morgan fingerprint density at radius 2 is 2.21 bits per heavy atom. The second kappa shape index (κ2) is 7.00. The molecule has 0 fully saturated rings. The number of aromatic nitrogens is 1. The van der Waals surface area contributed by atoms with Crippen LogP contribution in [0.15, 0.2) is 18.3 Å². The van der Waals surface area contributed by atoms with Gasteiger partial charge in [0, 0.05) is 25.2 Å². The predicted octanol–water partition coefficient (Wildman–Crippen LogP) is 1.88. The van der Waals surface area contributed by atoms with Crippen LogP contribution in [0.3, 0.4) is 0 Å². The predicted molar refractivity (Wildman–Crippen MR) is 53.1 cm³/mol. The van der Waals surface area contributed by atoms with Crippen molar-refractivity contribution in [3.05, 3.63) is 29.8 Å². The lowest BCUT2D eigenvalue weighted by Crippen LogP contribution is -2.19. The Hall–Kier alpha value is -1.45. The van der Waals surface area contributed by atoms with Gasteiger partial charge in [-0.3, -0.25) is 4.79 Å². The number of nitrogens with one attached hydrogen (secondary N) is 1. The third-order valence-electron chi connectivity index (χ3n) is 1.36. The normalized spacial score (nSPS) is 8.57. The molecule has 1 rings (SSSR count). The highest BCUT2D eigenvalue weighted by Crippen LogP contribution is 2.01. The van der Waals surface area contributed by atoms with Crippen LogP contribution in [0.1, 0.15) is 26.3 Å². The molecule has 0 radical (unpaired) electrons. The maximum Gasteiger partial charge on any atom is 0.217 e. The van der Waals surface area contributed by atoms with Crippen LogP contribution in [0.4, 0.5) is 4.39 Å². The standard InChI is InChI=1S/C8H9FN2O.C2H6/c1-6(12)11-5-7-3-2-4-10-8(7)9;1-2/h2-4H,5H2,1H3,(H,11,12);1-2H3. The molecular weight excluding hydrogens is 183 g/mol. The van der Waals surface area contributed by atoms with E-state index < -0.39 is 5.95 Å². The zero-order valence-electron chi connectivity index (χ0n) is 8.67. The van der Waals surface area contributed by atoms with Gasteiger partial charge in [-0.1, -0.05) is 19.9 Å². The number of nitrogens with zero attached hydrogens (tertiary/aromatic N) is 1. The van der Waals surface area contributed by atoms with E-state index in [4.69, 9.17) is 0 Å². The van der Waals surface area contributed by atoms with Gasteiger partial charge in [0.05, 0.1) is 0 Å². The van der Waals surface area contributed by atoms with Gasteiger partial charge in [-0.15, -0.1) is 0 Å². The highest BCUT2D eigenvalue weighted by atomic mass is 19.1. The van der Waals surface area contributed by atoms with Gasteiger partial charge < -0.3 is 5.32 Å². The average molecular weight is 198 g/mol. The molecule has 1 amide bonds. The van der Waals surface area contributed by atoms with E-state index in [1.165, 1.54) is 13.1 Å². The van der Waals surface area contributed by atoms with Gasteiger partial charge in [-0.05, 0) is 6.07 Å². The van der Waals surface area contributed by atoms with Crippen LogP contribution in [0.5, 0.6) is 0 Å². The molecule has 0 aliphatic heterocycles. The third-order valence-corrected chi connectivity index (χ3v) is 1.36. The van der Waals surface area contributed by atoms with E-state index in [1.54, 1.807) is 12.1 Å². The summed E-state index contributed by atoms with van der Waals surface area (Å²) >= 11 is 0. The van der Waals surface area contributed by atoms with Crippen molar-refractivity contribution < 1.29 is 9.18 Å². The number of amides is 1. The summed E-state index contributed by atoms with van der Waals surface area (Å²) in [6, 6.07) is 3.21. The van der Waals surface area contributed by atoms with Crippen LogP contribution in [0.2, 0.25) is 0 Å². The van der Waals surface area contributed by atoms with Crippen molar-refractivity contribution in [2.75, 3.05) is 0 Å². The molecule has 1 aromatic heterocycles.